The number of likely N-dealkylation sites (tertiary alicyclic amines) is 1. The van der Waals surface area contributed by atoms with Crippen LogP contribution in [0.25, 0.3) is 0 Å². The predicted molar refractivity (Wildman–Crippen MR) is 84.0 cm³/mol. The van der Waals surface area contributed by atoms with Crippen molar-refractivity contribution in [2.24, 2.45) is 5.84 Å². The topological polar surface area (TPSA) is 67.6 Å². The number of benzene rings is 1. The number of nitrogen functional groups attached to an aromatic ring is 1. The Bertz CT molecular complexity index is 471. The summed E-state index contributed by atoms with van der Waals surface area (Å²) in [6.07, 6.45) is 1.73. The zero-order valence-corrected chi connectivity index (χ0v) is 13.1. The molecular formula is C16H25N3O2. The Morgan fingerprint density at radius 1 is 1.24 bits per heavy atom. The average molecular weight is 291 g/mol. The standard InChI is InChI=1S/C16H25N3O2/c1-16(2,3)21-15(20)19-10-8-13(9-11-19)12-4-6-14(18-17)7-5-12/h4-7,13,18H,8-11,17H2,1-3H3. The van der Waals surface area contributed by atoms with Crippen molar-refractivity contribution in [3.05, 3.63) is 29.8 Å². The molecule has 0 aliphatic carbocycles. The van der Waals surface area contributed by atoms with E-state index >= 15 is 0 Å². The smallest absolute Gasteiger partial charge is 0.410 e. The van der Waals surface area contributed by atoms with Gasteiger partial charge in [-0.05, 0) is 57.2 Å². The number of carbonyl (C=O) groups excluding carboxylic acids is 1. The summed E-state index contributed by atoms with van der Waals surface area (Å²) in [5.74, 6) is 5.87. The highest BCUT2D eigenvalue weighted by molar-refractivity contribution is 5.68. The van der Waals surface area contributed by atoms with Gasteiger partial charge in [-0.3, -0.25) is 5.84 Å². The minimum Gasteiger partial charge on any atom is -0.444 e. The largest absolute Gasteiger partial charge is 0.444 e. The molecule has 0 radical (unpaired) electrons. The number of hydrogen-bond acceptors (Lipinski definition) is 4. The average Bonchev–Trinajstić information content (AvgIpc) is 2.46. The number of amides is 1. The molecule has 0 spiro atoms. The lowest BCUT2D eigenvalue weighted by molar-refractivity contribution is 0.0205. The predicted octanol–water partition coefficient (Wildman–Crippen LogP) is 3.09. The monoisotopic (exact) mass is 291 g/mol. The number of ether oxygens (including phenoxy) is 1. The number of piperidine rings is 1. The molecule has 0 bridgehead atoms. The molecule has 3 N–H and O–H groups in total. The molecular weight excluding hydrogens is 266 g/mol. The number of hydrazine groups is 1. The van der Waals surface area contributed by atoms with E-state index in [1.807, 2.05) is 32.9 Å². The van der Waals surface area contributed by atoms with Crippen molar-refractivity contribution in [3.63, 3.8) is 0 Å². The van der Waals surface area contributed by atoms with E-state index in [-0.39, 0.29) is 6.09 Å². The first-order chi connectivity index (χ1) is 9.89. The van der Waals surface area contributed by atoms with Crippen LogP contribution in [0.15, 0.2) is 24.3 Å². The Labute approximate surface area is 126 Å². The van der Waals surface area contributed by atoms with E-state index in [0.717, 1.165) is 31.6 Å². The molecule has 0 unspecified atom stereocenters. The second kappa shape index (κ2) is 6.35. The van der Waals surface area contributed by atoms with Gasteiger partial charge in [0.2, 0.25) is 0 Å². The van der Waals surface area contributed by atoms with Crippen molar-refractivity contribution in [2.45, 2.75) is 45.1 Å². The first-order valence-electron chi connectivity index (χ1n) is 7.43. The number of nitrogens with one attached hydrogen (secondary N) is 1. The Morgan fingerprint density at radius 3 is 2.29 bits per heavy atom. The molecule has 1 fully saturated rings. The highest BCUT2D eigenvalue weighted by atomic mass is 16.6. The van der Waals surface area contributed by atoms with Crippen LogP contribution in [0.2, 0.25) is 0 Å². The summed E-state index contributed by atoms with van der Waals surface area (Å²) >= 11 is 0. The third-order valence-corrected chi connectivity index (χ3v) is 3.70. The first kappa shape index (κ1) is 15.6. The molecule has 2 rings (SSSR count). The summed E-state index contributed by atoms with van der Waals surface area (Å²) in [7, 11) is 0. The van der Waals surface area contributed by atoms with Crippen molar-refractivity contribution < 1.29 is 9.53 Å². The minimum atomic E-state index is -0.432. The van der Waals surface area contributed by atoms with Gasteiger partial charge in [0.25, 0.3) is 0 Å². The molecule has 1 saturated heterocycles. The van der Waals surface area contributed by atoms with Gasteiger partial charge >= 0.3 is 6.09 Å². The molecule has 21 heavy (non-hydrogen) atoms. The maximum Gasteiger partial charge on any atom is 0.410 e. The van der Waals surface area contributed by atoms with Gasteiger partial charge in [0, 0.05) is 18.8 Å². The fraction of sp³-hybridized carbons (Fsp3) is 0.562. The first-order valence-corrected chi connectivity index (χ1v) is 7.43. The van der Waals surface area contributed by atoms with Gasteiger partial charge < -0.3 is 15.1 Å². The van der Waals surface area contributed by atoms with Crippen LogP contribution in [-0.2, 0) is 4.74 Å². The lowest BCUT2D eigenvalue weighted by Gasteiger charge is -2.33. The lowest BCUT2D eigenvalue weighted by Crippen LogP contribution is -2.41. The number of hydrogen-bond donors (Lipinski definition) is 2. The molecule has 1 aromatic rings. The van der Waals surface area contributed by atoms with Crippen LogP contribution in [0, 0.1) is 0 Å². The SMILES string of the molecule is CC(C)(C)OC(=O)N1CCC(c2ccc(NN)cc2)CC1. The number of rotatable bonds is 2. The Hall–Kier alpha value is -1.75. The summed E-state index contributed by atoms with van der Waals surface area (Å²) in [6.45, 7) is 7.17. The van der Waals surface area contributed by atoms with Gasteiger partial charge in [-0.25, -0.2) is 4.79 Å². The van der Waals surface area contributed by atoms with Crippen molar-refractivity contribution in [2.75, 3.05) is 18.5 Å². The van der Waals surface area contributed by atoms with Crippen LogP contribution in [0.5, 0.6) is 0 Å². The molecule has 1 aromatic carbocycles. The second-order valence-corrected chi connectivity index (χ2v) is 6.51. The summed E-state index contributed by atoms with van der Waals surface area (Å²) in [5.41, 5.74) is 4.41. The maximum absolute atomic E-state index is 12.0. The summed E-state index contributed by atoms with van der Waals surface area (Å²) in [6, 6.07) is 8.16. The summed E-state index contributed by atoms with van der Waals surface area (Å²) in [4.78, 5) is 13.8. The molecule has 5 heteroatoms. The second-order valence-electron chi connectivity index (χ2n) is 6.51. The minimum absolute atomic E-state index is 0.205. The number of anilines is 1. The van der Waals surface area contributed by atoms with E-state index in [2.05, 4.69) is 17.6 Å². The molecule has 1 aliphatic rings. The van der Waals surface area contributed by atoms with E-state index in [9.17, 15) is 4.79 Å². The van der Waals surface area contributed by atoms with Gasteiger partial charge in [0.1, 0.15) is 5.60 Å². The lowest BCUT2D eigenvalue weighted by atomic mass is 9.89. The molecule has 1 amide bonds. The van der Waals surface area contributed by atoms with E-state index in [1.165, 1.54) is 5.56 Å². The van der Waals surface area contributed by atoms with Gasteiger partial charge in [0.05, 0.1) is 0 Å². The number of nitrogens with two attached hydrogens (primary N) is 1. The third-order valence-electron chi connectivity index (χ3n) is 3.70. The van der Waals surface area contributed by atoms with Crippen LogP contribution in [0.1, 0.15) is 45.1 Å². The van der Waals surface area contributed by atoms with Gasteiger partial charge in [-0.1, -0.05) is 12.1 Å². The number of nitrogens with zero attached hydrogens (tertiary/aromatic N) is 1. The Kier molecular flexibility index (Phi) is 4.73. The maximum atomic E-state index is 12.0. The zero-order valence-electron chi connectivity index (χ0n) is 13.1. The van der Waals surface area contributed by atoms with Gasteiger partial charge in [0.15, 0.2) is 0 Å². The van der Waals surface area contributed by atoms with Crippen LogP contribution < -0.4 is 11.3 Å². The molecule has 1 aliphatic heterocycles. The van der Waals surface area contributed by atoms with Crippen molar-refractivity contribution in [1.82, 2.24) is 4.90 Å². The highest BCUT2D eigenvalue weighted by Gasteiger charge is 2.27. The molecule has 0 saturated carbocycles. The summed E-state index contributed by atoms with van der Waals surface area (Å²) in [5, 5.41) is 0. The van der Waals surface area contributed by atoms with Gasteiger partial charge in [-0.2, -0.15) is 0 Å². The molecule has 1 heterocycles. The Balaban J connectivity index is 1.89. The quantitative estimate of drug-likeness (QED) is 0.649. The third kappa shape index (κ3) is 4.36. The van der Waals surface area contributed by atoms with E-state index < -0.39 is 5.60 Å². The van der Waals surface area contributed by atoms with E-state index in [1.54, 1.807) is 4.90 Å². The normalized spacial score (nSPS) is 16.7. The molecule has 5 nitrogen and oxygen atoms in total. The fourth-order valence-corrected chi connectivity index (χ4v) is 2.57. The van der Waals surface area contributed by atoms with Crippen molar-refractivity contribution >= 4 is 11.8 Å². The number of carbonyl (C=O) groups is 1. The molecule has 0 aromatic heterocycles. The zero-order chi connectivity index (χ0) is 15.5. The van der Waals surface area contributed by atoms with E-state index in [4.69, 9.17) is 10.6 Å². The van der Waals surface area contributed by atoms with Crippen molar-refractivity contribution in [3.8, 4) is 0 Å². The van der Waals surface area contributed by atoms with Crippen LogP contribution in [-0.4, -0.2) is 29.7 Å². The van der Waals surface area contributed by atoms with Crippen LogP contribution in [0.3, 0.4) is 0 Å². The fourth-order valence-electron chi connectivity index (χ4n) is 2.57. The highest BCUT2D eigenvalue weighted by Crippen LogP contribution is 2.29. The Morgan fingerprint density at radius 2 is 1.81 bits per heavy atom. The van der Waals surface area contributed by atoms with Crippen molar-refractivity contribution in [1.29, 1.82) is 0 Å². The van der Waals surface area contributed by atoms with Crippen LogP contribution >= 0.6 is 0 Å². The van der Waals surface area contributed by atoms with E-state index in [0.29, 0.717) is 5.92 Å². The molecule has 116 valence electrons. The summed E-state index contributed by atoms with van der Waals surface area (Å²) < 4.78 is 5.41. The van der Waals surface area contributed by atoms with Crippen LogP contribution in [0.4, 0.5) is 10.5 Å². The van der Waals surface area contributed by atoms with Gasteiger partial charge in [-0.15, -0.1) is 0 Å². The molecule has 0 atom stereocenters.